The third kappa shape index (κ3) is 2.56. The maximum atomic E-state index is 13.4. The van der Waals surface area contributed by atoms with Crippen LogP contribution < -0.4 is 5.32 Å². The van der Waals surface area contributed by atoms with E-state index < -0.39 is 9.84 Å². The van der Waals surface area contributed by atoms with Crippen molar-refractivity contribution in [1.82, 2.24) is 24.8 Å². The number of aromatic nitrogens is 4. The lowest BCUT2D eigenvalue weighted by atomic mass is 10.1. The molecule has 0 atom stereocenters. The lowest BCUT2D eigenvalue weighted by molar-refractivity contribution is 0.370. The van der Waals surface area contributed by atoms with Gasteiger partial charge in [-0.3, -0.25) is 0 Å². The number of hydrogen-bond acceptors (Lipinski definition) is 5. The van der Waals surface area contributed by atoms with Gasteiger partial charge in [0.2, 0.25) is 9.84 Å². The SMILES string of the molecule is Cc1nc2c(S(=O)(=O)c3ccccc3)nc3[nH]ccc3c2n1C1CCNCC1. The average molecular weight is 395 g/mol. The third-order valence-corrected chi connectivity index (χ3v) is 7.15. The van der Waals surface area contributed by atoms with E-state index in [-0.39, 0.29) is 9.92 Å². The zero-order valence-electron chi connectivity index (χ0n) is 15.5. The van der Waals surface area contributed by atoms with Crippen molar-refractivity contribution in [1.29, 1.82) is 0 Å². The average Bonchev–Trinajstić information content (AvgIpc) is 3.32. The van der Waals surface area contributed by atoms with Gasteiger partial charge in [0.05, 0.1) is 10.4 Å². The van der Waals surface area contributed by atoms with Gasteiger partial charge in [0, 0.05) is 17.6 Å². The van der Waals surface area contributed by atoms with Crippen molar-refractivity contribution in [2.75, 3.05) is 13.1 Å². The highest BCUT2D eigenvalue weighted by Crippen LogP contribution is 2.35. The van der Waals surface area contributed by atoms with E-state index in [4.69, 9.17) is 4.98 Å². The van der Waals surface area contributed by atoms with Crippen molar-refractivity contribution >= 4 is 31.9 Å². The van der Waals surface area contributed by atoms with Crippen LogP contribution in [-0.2, 0) is 9.84 Å². The quantitative estimate of drug-likeness (QED) is 0.556. The second-order valence-electron chi connectivity index (χ2n) is 7.18. The van der Waals surface area contributed by atoms with Crippen LogP contribution in [0.15, 0.2) is 52.5 Å². The first-order valence-corrected chi connectivity index (χ1v) is 10.9. The molecule has 0 amide bonds. The third-order valence-electron chi connectivity index (χ3n) is 5.47. The van der Waals surface area contributed by atoms with Crippen molar-refractivity contribution in [2.45, 2.75) is 35.7 Å². The molecule has 0 radical (unpaired) electrons. The van der Waals surface area contributed by atoms with Gasteiger partial charge >= 0.3 is 0 Å². The van der Waals surface area contributed by atoms with Gasteiger partial charge in [-0.2, -0.15) is 0 Å². The monoisotopic (exact) mass is 395 g/mol. The number of aromatic amines is 1. The van der Waals surface area contributed by atoms with Crippen LogP contribution >= 0.6 is 0 Å². The fourth-order valence-corrected chi connectivity index (χ4v) is 5.51. The largest absolute Gasteiger partial charge is 0.346 e. The molecule has 3 aromatic heterocycles. The number of nitrogens with zero attached hydrogens (tertiary/aromatic N) is 3. The number of fused-ring (bicyclic) bond motifs is 3. The predicted octanol–water partition coefficient (Wildman–Crippen LogP) is 2.98. The lowest BCUT2D eigenvalue weighted by Gasteiger charge is -2.26. The summed E-state index contributed by atoms with van der Waals surface area (Å²) < 4.78 is 29.0. The normalized spacial score (nSPS) is 16.2. The minimum Gasteiger partial charge on any atom is -0.346 e. The summed E-state index contributed by atoms with van der Waals surface area (Å²) in [6.07, 6.45) is 3.77. The van der Waals surface area contributed by atoms with Gasteiger partial charge in [-0.05, 0) is 51.1 Å². The summed E-state index contributed by atoms with van der Waals surface area (Å²) in [6.45, 7) is 3.83. The number of sulfone groups is 1. The van der Waals surface area contributed by atoms with Crippen LogP contribution in [0.5, 0.6) is 0 Å². The van der Waals surface area contributed by atoms with Crippen LogP contribution in [0, 0.1) is 6.92 Å². The highest BCUT2D eigenvalue weighted by molar-refractivity contribution is 7.91. The zero-order chi connectivity index (χ0) is 19.3. The van der Waals surface area contributed by atoms with Crippen molar-refractivity contribution in [3.63, 3.8) is 0 Å². The van der Waals surface area contributed by atoms with Gasteiger partial charge in [-0.15, -0.1) is 0 Å². The van der Waals surface area contributed by atoms with Crippen LogP contribution in [-0.4, -0.2) is 41.0 Å². The number of H-pyrrole nitrogens is 1. The summed E-state index contributed by atoms with van der Waals surface area (Å²) in [4.78, 5) is 12.5. The van der Waals surface area contributed by atoms with E-state index >= 15 is 0 Å². The molecule has 7 nitrogen and oxygen atoms in total. The summed E-state index contributed by atoms with van der Waals surface area (Å²) in [6, 6.07) is 10.7. The first kappa shape index (κ1) is 17.4. The summed E-state index contributed by atoms with van der Waals surface area (Å²) in [5.41, 5.74) is 1.87. The molecule has 1 aromatic carbocycles. The van der Waals surface area contributed by atoms with Crippen molar-refractivity contribution in [2.24, 2.45) is 0 Å². The van der Waals surface area contributed by atoms with E-state index in [9.17, 15) is 8.42 Å². The second kappa shape index (κ2) is 6.42. The maximum absolute atomic E-state index is 13.4. The number of benzene rings is 1. The number of hydrogen-bond donors (Lipinski definition) is 2. The molecule has 0 aliphatic carbocycles. The van der Waals surface area contributed by atoms with Gasteiger partial charge < -0.3 is 14.9 Å². The summed E-state index contributed by atoms with van der Waals surface area (Å²) in [5, 5.41) is 4.30. The second-order valence-corrected chi connectivity index (χ2v) is 9.05. The van der Waals surface area contributed by atoms with Crippen LogP contribution in [0.4, 0.5) is 0 Å². The Balaban J connectivity index is 1.84. The van der Waals surface area contributed by atoms with E-state index in [2.05, 4.69) is 19.9 Å². The molecule has 144 valence electrons. The maximum Gasteiger partial charge on any atom is 0.226 e. The molecule has 1 aliphatic heterocycles. The summed E-state index contributed by atoms with van der Waals surface area (Å²) in [7, 11) is -3.79. The van der Waals surface area contributed by atoms with Gasteiger partial charge in [0.1, 0.15) is 17.0 Å². The van der Waals surface area contributed by atoms with Crippen LogP contribution in [0.3, 0.4) is 0 Å². The number of nitrogens with one attached hydrogen (secondary N) is 2. The lowest BCUT2D eigenvalue weighted by Crippen LogP contribution is -2.29. The molecule has 1 fully saturated rings. The fourth-order valence-electron chi connectivity index (χ4n) is 4.16. The first-order chi connectivity index (χ1) is 13.6. The first-order valence-electron chi connectivity index (χ1n) is 9.44. The van der Waals surface area contributed by atoms with Gasteiger partial charge in [-0.25, -0.2) is 18.4 Å². The molecular weight excluding hydrogens is 374 g/mol. The number of piperidine rings is 1. The molecule has 8 heteroatoms. The number of imidazole rings is 1. The van der Waals surface area contributed by atoms with Gasteiger partial charge in [-0.1, -0.05) is 18.2 Å². The van der Waals surface area contributed by atoms with Crippen molar-refractivity contribution < 1.29 is 8.42 Å². The molecule has 0 unspecified atom stereocenters. The number of aryl methyl sites for hydroxylation is 1. The molecule has 1 aliphatic rings. The molecule has 0 bridgehead atoms. The highest BCUT2D eigenvalue weighted by Gasteiger charge is 2.29. The van der Waals surface area contributed by atoms with Crippen molar-refractivity contribution in [3.8, 4) is 0 Å². The van der Waals surface area contributed by atoms with E-state index in [0.717, 1.165) is 42.7 Å². The molecule has 1 saturated heterocycles. The Morgan fingerprint density at radius 1 is 1.07 bits per heavy atom. The van der Waals surface area contributed by atoms with E-state index in [0.29, 0.717) is 17.2 Å². The summed E-state index contributed by atoms with van der Waals surface area (Å²) >= 11 is 0. The minimum absolute atomic E-state index is 0.0134. The predicted molar refractivity (Wildman–Crippen MR) is 107 cm³/mol. The fraction of sp³-hybridized carbons (Fsp3) is 0.300. The number of pyridine rings is 1. The topological polar surface area (TPSA) is 92.7 Å². The molecule has 0 spiro atoms. The van der Waals surface area contributed by atoms with E-state index in [1.165, 1.54) is 0 Å². The van der Waals surface area contributed by atoms with Gasteiger partial charge in [0.25, 0.3) is 0 Å². The summed E-state index contributed by atoms with van der Waals surface area (Å²) in [5.74, 6) is 0.821. The molecule has 2 N–H and O–H groups in total. The smallest absolute Gasteiger partial charge is 0.226 e. The van der Waals surface area contributed by atoms with Crippen LogP contribution in [0.1, 0.15) is 24.7 Å². The van der Waals surface area contributed by atoms with Crippen molar-refractivity contribution in [3.05, 3.63) is 48.4 Å². The number of rotatable bonds is 3. The Morgan fingerprint density at radius 2 is 1.82 bits per heavy atom. The Hall–Kier alpha value is -2.71. The van der Waals surface area contributed by atoms with Crippen LogP contribution in [0.25, 0.3) is 22.1 Å². The van der Waals surface area contributed by atoms with Gasteiger partial charge in [0.15, 0.2) is 5.03 Å². The van der Waals surface area contributed by atoms with Crippen LogP contribution in [0.2, 0.25) is 0 Å². The Bertz CT molecular complexity index is 1270. The van der Waals surface area contributed by atoms with E-state index in [1.807, 2.05) is 13.0 Å². The standard InChI is InChI=1S/C20H21N5O2S/c1-13-23-17-18(25(13)14-7-10-21-11-8-14)16-9-12-22-19(16)24-20(17)28(26,27)15-5-3-2-4-6-15/h2-6,9,12,14,21H,7-8,10-11H2,1H3,(H,22,24). The Morgan fingerprint density at radius 3 is 2.57 bits per heavy atom. The molecule has 5 rings (SSSR count). The Labute approximate surface area is 162 Å². The molecule has 0 saturated carbocycles. The molecule has 4 aromatic rings. The molecule has 4 heterocycles. The molecular formula is C20H21N5O2S. The molecule has 28 heavy (non-hydrogen) atoms. The Kier molecular flexibility index (Phi) is 3.99. The van der Waals surface area contributed by atoms with E-state index in [1.54, 1.807) is 36.5 Å². The highest BCUT2D eigenvalue weighted by atomic mass is 32.2. The minimum atomic E-state index is -3.79. The zero-order valence-corrected chi connectivity index (χ0v) is 16.3.